The van der Waals surface area contributed by atoms with Crippen molar-refractivity contribution in [3.8, 4) is 17.6 Å². The quantitative estimate of drug-likeness (QED) is 0.588. The second-order valence-corrected chi connectivity index (χ2v) is 5.25. The summed E-state index contributed by atoms with van der Waals surface area (Å²) in [7, 11) is 1.32. The van der Waals surface area contributed by atoms with Gasteiger partial charge in [0.05, 0.1) is 18.7 Å². The Morgan fingerprint density at radius 1 is 1.12 bits per heavy atom. The van der Waals surface area contributed by atoms with Gasteiger partial charge in [-0.05, 0) is 55.0 Å². The monoisotopic (exact) mass is 340 g/mol. The summed E-state index contributed by atoms with van der Waals surface area (Å²) in [6.07, 6.45) is 0. The average molecular weight is 340 g/mol. The molecule has 2 rings (SSSR count). The van der Waals surface area contributed by atoms with Crippen LogP contribution in [-0.4, -0.2) is 32.8 Å². The van der Waals surface area contributed by atoms with Gasteiger partial charge in [0.1, 0.15) is 18.1 Å². The van der Waals surface area contributed by atoms with Crippen LogP contribution in [0.1, 0.15) is 11.1 Å². The van der Waals surface area contributed by atoms with Gasteiger partial charge >= 0.3 is 5.97 Å². The standard InChI is InChI=1S/C19H20N2O4/c1-14-11-17(25-13-19(22)23-2)7-8-18(14)21-9-10-24-16-5-3-15(12-20)4-6-16/h3-8,11,21H,9-10,13H2,1-2H3. The third kappa shape index (κ3) is 5.74. The van der Waals surface area contributed by atoms with Crippen molar-refractivity contribution >= 4 is 11.7 Å². The van der Waals surface area contributed by atoms with E-state index in [-0.39, 0.29) is 6.61 Å². The second kappa shape index (κ2) is 9.18. The summed E-state index contributed by atoms with van der Waals surface area (Å²) >= 11 is 0. The van der Waals surface area contributed by atoms with Crippen LogP contribution < -0.4 is 14.8 Å². The number of rotatable bonds is 8. The lowest BCUT2D eigenvalue weighted by Crippen LogP contribution is -2.13. The SMILES string of the molecule is COC(=O)COc1ccc(NCCOc2ccc(C#N)cc2)c(C)c1. The first-order chi connectivity index (χ1) is 12.1. The van der Waals surface area contributed by atoms with Crippen molar-refractivity contribution in [1.82, 2.24) is 0 Å². The zero-order valence-electron chi connectivity index (χ0n) is 14.2. The van der Waals surface area contributed by atoms with Crippen molar-refractivity contribution in [3.05, 3.63) is 53.6 Å². The summed E-state index contributed by atoms with van der Waals surface area (Å²) in [6, 6.07) is 14.6. The maximum atomic E-state index is 11.1. The first-order valence-electron chi connectivity index (χ1n) is 7.79. The Labute approximate surface area is 146 Å². The van der Waals surface area contributed by atoms with Gasteiger partial charge in [-0.15, -0.1) is 0 Å². The zero-order chi connectivity index (χ0) is 18.1. The Hall–Kier alpha value is -3.20. The number of hydrogen-bond donors (Lipinski definition) is 1. The Balaban J connectivity index is 1.78. The van der Waals surface area contributed by atoms with Crippen molar-refractivity contribution in [1.29, 1.82) is 5.26 Å². The molecule has 6 nitrogen and oxygen atoms in total. The molecule has 1 N–H and O–H groups in total. The third-order valence-corrected chi connectivity index (χ3v) is 3.45. The number of carbonyl (C=O) groups is 1. The van der Waals surface area contributed by atoms with Crippen LogP contribution in [-0.2, 0) is 9.53 Å². The lowest BCUT2D eigenvalue weighted by atomic mass is 10.2. The number of aryl methyl sites for hydroxylation is 1. The number of esters is 1. The normalized spacial score (nSPS) is 9.80. The lowest BCUT2D eigenvalue weighted by Gasteiger charge is -2.12. The van der Waals surface area contributed by atoms with Crippen LogP contribution in [0.15, 0.2) is 42.5 Å². The molecule has 0 saturated heterocycles. The minimum absolute atomic E-state index is 0.110. The summed E-state index contributed by atoms with van der Waals surface area (Å²) < 4.78 is 15.5. The molecule has 0 unspecified atom stereocenters. The molecule has 0 aliphatic heterocycles. The minimum Gasteiger partial charge on any atom is -0.492 e. The second-order valence-electron chi connectivity index (χ2n) is 5.25. The molecule has 0 heterocycles. The molecule has 0 atom stereocenters. The van der Waals surface area contributed by atoms with Crippen LogP contribution in [0.3, 0.4) is 0 Å². The number of nitriles is 1. The van der Waals surface area contributed by atoms with Crippen LogP contribution in [0, 0.1) is 18.3 Å². The number of nitrogens with zero attached hydrogens (tertiary/aromatic N) is 1. The van der Waals surface area contributed by atoms with Gasteiger partial charge in [-0.1, -0.05) is 0 Å². The molecule has 130 valence electrons. The van der Waals surface area contributed by atoms with E-state index in [1.807, 2.05) is 19.1 Å². The van der Waals surface area contributed by atoms with E-state index in [1.54, 1.807) is 30.3 Å². The first-order valence-corrected chi connectivity index (χ1v) is 7.79. The Kier molecular flexibility index (Phi) is 6.66. The number of methoxy groups -OCH3 is 1. The van der Waals surface area contributed by atoms with Gasteiger partial charge in [0.2, 0.25) is 0 Å². The van der Waals surface area contributed by atoms with Crippen molar-refractivity contribution in [2.24, 2.45) is 0 Å². The van der Waals surface area contributed by atoms with E-state index in [2.05, 4.69) is 16.1 Å². The number of hydrogen-bond acceptors (Lipinski definition) is 6. The molecule has 0 aliphatic carbocycles. The van der Waals surface area contributed by atoms with E-state index in [9.17, 15) is 4.79 Å². The zero-order valence-corrected chi connectivity index (χ0v) is 14.2. The molecule has 0 aliphatic rings. The lowest BCUT2D eigenvalue weighted by molar-refractivity contribution is -0.142. The van der Waals surface area contributed by atoms with Crippen LogP contribution in [0.5, 0.6) is 11.5 Å². The van der Waals surface area contributed by atoms with Crippen molar-refractivity contribution in [2.45, 2.75) is 6.92 Å². The fraction of sp³-hybridized carbons (Fsp3) is 0.263. The largest absolute Gasteiger partial charge is 0.492 e. The molecule has 0 fully saturated rings. The first kappa shape index (κ1) is 18.1. The smallest absolute Gasteiger partial charge is 0.343 e. The summed E-state index contributed by atoms with van der Waals surface area (Å²) in [5.41, 5.74) is 2.57. The van der Waals surface area contributed by atoms with Gasteiger partial charge in [-0.25, -0.2) is 4.79 Å². The average Bonchev–Trinajstić information content (AvgIpc) is 2.65. The van der Waals surface area contributed by atoms with E-state index in [0.29, 0.717) is 24.5 Å². The predicted molar refractivity (Wildman–Crippen MR) is 93.8 cm³/mol. The molecule has 0 amide bonds. The molecule has 0 radical (unpaired) electrons. The van der Waals surface area contributed by atoms with Gasteiger partial charge in [0.25, 0.3) is 0 Å². The highest BCUT2D eigenvalue weighted by Crippen LogP contribution is 2.21. The molecule has 2 aromatic rings. The number of benzene rings is 2. The van der Waals surface area contributed by atoms with Crippen LogP contribution in [0.2, 0.25) is 0 Å². The van der Waals surface area contributed by atoms with E-state index in [1.165, 1.54) is 7.11 Å². The van der Waals surface area contributed by atoms with Gasteiger partial charge in [-0.3, -0.25) is 0 Å². The Morgan fingerprint density at radius 2 is 1.84 bits per heavy atom. The highest BCUT2D eigenvalue weighted by atomic mass is 16.6. The highest BCUT2D eigenvalue weighted by Gasteiger charge is 2.04. The highest BCUT2D eigenvalue weighted by molar-refractivity contribution is 5.71. The minimum atomic E-state index is -0.417. The van der Waals surface area contributed by atoms with E-state index >= 15 is 0 Å². The summed E-state index contributed by atoms with van der Waals surface area (Å²) in [6.45, 7) is 2.96. The number of ether oxygens (including phenoxy) is 3. The molecular weight excluding hydrogens is 320 g/mol. The third-order valence-electron chi connectivity index (χ3n) is 3.45. The molecule has 0 saturated carbocycles. The Bertz CT molecular complexity index is 751. The van der Waals surface area contributed by atoms with Gasteiger partial charge in [-0.2, -0.15) is 5.26 Å². The van der Waals surface area contributed by atoms with E-state index in [4.69, 9.17) is 14.7 Å². The molecule has 0 spiro atoms. The van der Waals surface area contributed by atoms with E-state index < -0.39 is 5.97 Å². The van der Waals surface area contributed by atoms with Crippen LogP contribution in [0.4, 0.5) is 5.69 Å². The fourth-order valence-electron chi connectivity index (χ4n) is 2.11. The molecule has 25 heavy (non-hydrogen) atoms. The predicted octanol–water partition coefficient (Wildman–Crippen LogP) is 2.91. The maximum absolute atomic E-state index is 11.1. The number of carbonyl (C=O) groups excluding carboxylic acids is 1. The van der Waals surface area contributed by atoms with Crippen molar-refractivity contribution < 1.29 is 19.0 Å². The van der Waals surface area contributed by atoms with Crippen molar-refractivity contribution in [3.63, 3.8) is 0 Å². The maximum Gasteiger partial charge on any atom is 0.343 e. The van der Waals surface area contributed by atoms with Crippen LogP contribution in [0.25, 0.3) is 0 Å². The van der Waals surface area contributed by atoms with Crippen molar-refractivity contribution in [2.75, 3.05) is 32.2 Å². The summed E-state index contributed by atoms with van der Waals surface area (Å²) in [4.78, 5) is 11.1. The molecule has 2 aromatic carbocycles. The molecule has 0 bridgehead atoms. The summed E-state index contributed by atoms with van der Waals surface area (Å²) in [5.74, 6) is 0.922. The topological polar surface area (TPSA) is 80.6 Å². The fourth-order valence-corrected chi connectivity index (χ4v) is 2.11. The van der Waals surface area contributed by atoms with E-state index in [0.717, 1.165) is 17.0 Å². The van der Waals surface area contributed by atoms with Crippen LogP contribution >= 0.6 is 0 Å². The summed E-state index contributed by atoms with van der Waals surface area (Å²) in [5, 5.41) is 12.0. The number of anilines is 1. The van der Waals surface area contributed by atoms with Gasteiger partial charge in [0, 0.05) is 12.2 Å². The molecule has 0 aromatic heterocycles. The van der Waals surface area contributed by atoms with Gasteiger partial charge in [0.15, 0.2) is 6.61 Å². The molecule has 6 heteroatoms. The number of nitrogens with one attached hydrogen (secondary N) is 1. The molecular formula is C19H20N2O4. The Morgan fingerprint density at radius 3 is 2.48 bits per heavy atom. The van der Waals surface area contributed by atoms with Gasteiger partial charge < -0.3 is 19.5 Å².